The van der Waals surface area contributed by atoms with E-state index in [1.807, 2.05) is 6.07 Å². The molecule has 0 saturated carbocycles. The normalized spacial score (nSPS) is 14.8. The van der Waals surface area contributed by atoms with Crippen molar-refractivity contribution in [1.82, 2.24) is 9.78 Å². The van der Waals surface area contributed by atoms with Gasteiger partial charge in [0, 0.05) is 22.9 Å². The lowest BCUT2D eigenvalue weighted by Crippen LogP contribution is -2.35. The fraction of sp³-hybridized carbons (Fsp3) is 0.217. The van der Waals surface area contributed by atoms with Crippen LogP contribution in [-0.4, -0.2) is 41.6 Å². The minimum Gasteiger partial charge on any atom is -0.493 e. The Morgan fingerprint density at radius 3 is 2.44 bits per heavy atom. The summed E-state index contributed by atoms with van der Waals surface area (Å²) in [7, 11) is 3.10. The second kappa shape index (κ2) is 8.54. The maximum absolute atomic E-state index is 13.0. The Labute approximate surface area is 184 Å². The largest absolute Gasteiger partial charge is 0.493 e. The third-order valence-corrected chi connectivity index (χ3v) is 5.22. The third-order valence-electron chi connectivity index (χ3n) is 5.22. The summed E-state index contributed by atoms with van der Waals surface area (Å²) in [6.07, 6.45) is -0.0442. The molecule has 0 spiro atoms. The number of rotatable bonds is 6. The first-order valence-electron chi connectivity index (χ1n) is 9.93. The van der Waals surface area contributed by atoms with Gasteiger partial charge in [0.15, 0.2) is 17.3 Å². The average molecular weight is 434 g/mol. The SMILES string of the molecule is COc1ccc(-c2cc3n(n2)C(C(=O)Nc2ccc(C(C)=O)cc2)CC(=O)N3)cc1OC. The van der Waals surface area contributed by atoms with Crippen molar-refractivity contribution >= 4 is 29.1 Å². The van der Waals surface area contributed by atoms with E-state index in [4.69, 9.17) is 9.47 Å². The van der Waals surface area contributed by atoms with Crippen LogP contribution < -0.4 is 20.1 Å². The number of hydrogen-bond acceptors (Lipinski definition) is 6. The average Bonchev–Trinajstić information content (AvgIpc) is 3.22. The molecule has 9 nitrogen and oxygen atoms in total. The molecule has 1 aliphatic heterocycles. The van der Waals surface area contributed by atoms with Crippen molar-refractivity contribution in [2.45, 2.75) is 19.4 Å². The van der Waals surface area contributed by atoms with Crippen LogP contribution >= 0.6 is 0 Å². The maximum Gasteiger partial charge on any atom is 0.249 e. The number of benzene rings is 2. The van der Waals surface area contributed by atoms with Gasteiger partial charge in [-0.1, -0.05) is 0 Å². The van der Waals surface area contributed by atoms with E-state index in [2.05, 4.69) is 15.7 Å². The predicted octanol–water partition coefficient (Wildman–Crippen LogP) is 3.29. The Morgan fingerprint density at radius 1 is 1.06 bits per heavy atom. The van der Waals surface area contributed by atoms with Gasteiger partial charge in [-0.05, 0) is 49.4 Å². The van der Waals surface area contributed by atoms with Crippen molar-refractivity contribution in [2.75, 3.05) is 24.9 Å². The van der Waals surface area contributed by atoms with Crippen LogP contribution in [0.25, 0.3) is 11.3 Å². The number of ketones is 1. The van der Waals surface area contributed by atoms with Crippen molar-refractivity contribution in [3.05, 3.63) is 54.1 Å². The highest BCUT2D eigenvalue weighted by Crippen LogP contribution is 2.35. The number of amides is 2. The topological polar surface area (TPSA) is 112 Å². The van der Waals surface area contributed by atoms with Gasteiger partial charge < -0.3 is 20.1 Å². The van der Waals surface area contributed by atoms with Gasteiger partial charge in [-0.15, -0.1) is 0 Å². The van der Waals surface area contributed by atoms with E-state index < -0.39 is 6.04 Å². The molecule has 0 aliphatic carbocycles. The summed E-state index contributed by atoms with van der Waals surface area (Å²) in [5, 5.41) is 10.1. The molecule has 0 fully saturated rings. The highest BCUT2D eigenvalue weighted by Gasteiger charge is 2.32. The Kier molecular flexibility index (Phi) is 5.63. The summed E-state index contributed by atoms with van der Waals surface area (Å²) >= 11 is 0. The van der Waals surface area contributed by atoms with Crippen LogP contribution in [0.2, 0.25) is 0 Å². The lowest BCUT2D eigenvalue weighted by atomic mass is 10.1. The van der Waals surface area contributed by atoms with Crippen LogP contribution in [-0.2, 0) is 9.59 Å². The van der Waals surface area contributed by atoms with Gasteiger partial charge in [0.05, 0.1) is 26.3 Å². The number of fused-ring (bicyclic) bond motifs is 1. The quantitative estimate of drug-likeness (QED) is 0.576. The molecule has 1 aromatic heterocycles. The summed E-state index contributed by atoms with van der Waals surface area (Å²) < 4.78 is 12.1. The summed E-state index contributed by atoms with van der Waals surface area (Å²) in [5.74, 6) is 0.848. The summed E-state index contributed by atoms with van der Waals surface area (Å²) in [4.78, 5) is 36.6. The van der Waals surface area contributed by atoms with E-state index >= 15 is 0 Å². The van der Waals surface area contributed by atoms with Gasteiger partial charge >= 0.3 is 0 Å². The summed E-state index contributed by atoms with van der Waals surface area (Å²) in [6, 6.07) is 12.8. The number of anilines is 2. The zero-order valence-electron chi connectivity index (χ0n) is 17.8. The molecule has 1 atom stereocenters. The van der Waals surface area contributed by atoms with Gasteiger partial charge in [0.2, 0.25) is 11.8 Å². The number of aromatic nitrogens is 2. The van der Waals surface area contributed by atoms with Crippen molar-refractivity contribution in [3.63, 3.8) is 0 Å². The standard InChI is InChI=1S/C23H22N4O5/c1-13(28)14-4-7-16(8-5-14)24-23(30)18-12-22(29)25-21-11-17(26-27(18)21)15-6-9-19(31-2)20(10-15)32-3/h4-11,18H,12H2,1-3H3,(H,24,30)(H,25,29). The predicted molar refractivity (Wildman–Crippen MR) is 118 cm³/mol. The van der Waals surface area contributed by atoms with Crippen LogP contribution in [0.15, 0.2) is 48.5 Å². The number of methoxy groups -OCH3 is 2. The van der Waals surface area contributed by atoms with Gasteiger partial charge in [0.1, 0.15) is 11.9 Å². The van der Waals surface area contributed by atoms with Crippen molar-refractivity contribution in [3.8, 4) is 22.8 Å². The molecule has 2 N–H and O–H groups in total. The Morgan fingerprint density at radius 2 is 1.78 bits per heavy atom. The monoisotopic (exact) mass is 434 g/mol. The van der Waals surface area contributed by atoms with Crippen LogP contribution in [0.4, 0.5) is 11.5 Å². The highest BCUT2D eigenvalue weighted by atomic mass is 16.5. The minimum absolute atomic E-state index is 0.0442. The highest BCUT2D eigenvalue weighted by molar-refractivity contribution is 6.02. The Bertz CT molecular complexity index is 1200. The van der Waals surface area contributed by atoms with Crippen LogP contribution in [0.5, 0.6) is 11.5 Å². The number of hydrogen-bond donors (Lipinski definition) is 2. The van der Waals surface area contributed by atoms with E-state index in [0.717, 1.165) is 5.56 Å². The first kappa shape index (κ1) is 21.1. The molecule has 9 heteroatoms. The molecule has 1 aliphatic rings. The molecule has 0 saturated heterocycles. The third kappa shape index (κ3) is 4.04. The molecule has 3 aromatic rings. The second-order valence-corrected chi connectivity index (χ2v) is 7.32. The second-order valence-electron chi connectivity index (χ2n) is 7.32. The number of nitrogens with zero attached hydrogens (tertiary/aromatic N) is 2. The fourth-order valence-electron chi connectivity index (χ4n) is 3.54. The van der Waals surface area contributed by atoms with Gasteiger partial charge in [-0.25, -0.2) is 4.68 Å². The Hall–Kier alpha value is -4.14. The van der Waals surface area contributed by atoms with Gasteiger partial charge in [-0.3, -0.25) is 14.4 Å². The molecule has 32 heavy (non-hydrogen) atoms. The maximum atomic E-state index is 13.0. The lowest BCUT2D eigenvalue weighted by Gasteiger charge is -2.23. The number of nitrogens with one attached hydrogen (secondary N) is 2. The molecule has 2 aromatic carbocycles. The van der Waals surface area contributed by atoms with Crippen molar-refractivity contribution < 1.29 is 23.9 Å². The number of ether oxygens (including phenoxy) is 2. The lowest BCUT2D eigenvalue weighted by molar-refractivity contribution is -0.125. The first-order valence-corrected chi connectivity index (χ1v) is 9.93. The van der Waals surface area contributed by atoms with Crippen molar-refractivity contribution in [2.24, 2.45) is 0 Å². The van der Waals surface area contributed by atoms with E-state index in [-0.39, 0.29) is 24.0 Å². The number of Topliss-reactive ketones (excluding diaryl/α,β-unsaturated/α-hetero) is 1. The first-order chi connectivity index (χ1) is 15.4. The molecular weight excluding hydrogens is 412 g/mol. The van der Waals surface area contributed by atoms with Crippen LogP contribution in [0, 0.1) is 0 Å². The molecule has 1 unspecified atom stereocenters. The molecule has 2 amide bonds. The molecule has 164 valence electrons. The number of carbonyl (C=O) groups excluding carboxylic acids is 3. The zero-order valence-corrected chi connectivity index (χ0v) is 17.8. The van der Waals surface area contributed by atoms with Crippen LogP contribution in [0.1, 0.15) is 29.7 Å². The molecule has 0 bridgehead atoms. The Balaban J connectivity index is 1.61. The molecule has 2 heterocycles. The van der Waals surface area contributed by atoms with E-state index in [0.29, 0.717) is 34.3 Å². The summed E-state index contributed by atoms with van der Waals surface area (Å²) in [5.41, 5.74) is 2.40. The molecular formula is C23H22N4O5. The smallest absolute Gasteiger partial charge is 0.249 e. The van der Waals surface area contributed by atoms with Gasteiger partial charge in [0.25, 0.3) is 0 Å². The van der Waals surface area contributed by atoms with E-state index in [1.165, 1.54) is 11.6 Å². The molecule has 4 rings (SSSR count). The van der Waals surface area contributed by atoms with Crippen molar-refractivity contribution in [1.29, 1.82) is 0 Å². The van der Waals surface area contributed by atoms with Crippen LogP contribution in [0.3, 0.4) is 0 Å². The summed E-state index contributed by atoms with van der Waals surface area (Å²) in [6.45, 7) is 1.48. The van der Waals surface area contributed by atoms with E-state index in [9.17, 15) is 14.4 Å². The van der Waals surface area contributed by atoms with E-state index in [1.54, 1.807) is 56.7 Å². The number of carbonyl (C=O) groups is 3. The van der Waals surface area contributed by atoms with Gasteiger partial charge in [-0.2, -0.15) is 5.10 Å². The molecule has 0 radical (unpaired) electrons. The fourth-order valence-corrected chi connectivity index (χ4v) is 3.54. The minimum atomic E-state index is -0.819. The zero-order chi connectivity index (χ0) is 22.8.